The second-order valence-corrected chi connectivity index (χ2v) is 3.75. The number of para-hydroxylation sites is 1. The SMILES string of the molecule is N#Cc1cc(F)c(Oc2ccccc2CO)c(F)c1. The van der Waals surface area contributed by atoms with Gasteiger partial charge in [0.25, 0.3) is 0 Å². The second kappa shape index (κ2) is 5.46. The molecule has 0 heterocycles. The zero-order valence-electron chi connectivity index (χ0n) is 9.73. The summed E-state index contributed by atoms with van der Waals surface area (Å²) in [6.45, 7) is -0.310. The summed E-state index contributed by atoms with van der Waals surface area (Å²) in [6, 6.07) is 9.78. The van der Waals surface area contributed by atoms with Gasteiger partial charge in [0, 0.05) is 5.56 Å². The number of ether oxygens (including phenoxy) is 1. The summed E-state index contributed by atoms with van der Waals surface area (Å²) in [5.41, 5.74) is 0.281. The minimum absolute atomic E-state index is 0.127. The van der Waals surface area contributed by atoms with Crippen LogP contribution in [0.4, 0.5) is 8.78 Å². The fourth-order valence-electron chi connectivity index (χ4n) is 1.57. The lowest BCUT2D eigenvalue weighted by Crippen LogP contribution is -1.97. The molecule has 2 aromatic carbocycles. The molecule has 1 N–H and O–H groups in total. The van der Waals surface area contributed by atoms with Crippen molar-refractivity contribution in [1.29, 1.82) is 5.26 Å². The molecule has 0 fully saturated rings. The third kappa shape index (κ3) is 2.69. The van der Waals surface area contributed by atoms with Crippen LogP contribution in [-0.4, -0.2) is 5.11 Å². The van der Waals surface area contributed by atoms with Crippen molar-refractivity contribution in [1.82, 2.24) is 0 Å². The molecule has 0 saturated heterocycles. The number of halogens is 2. The Morgan fingerprint density at radius 2 is 1.79 bits per heavy atom. The number of aliphatic hydroxyl groups is 1. The van der Waals surface area contributed by atoms with E-state index in [1.54, 1.807) is 24.3 Å². The van der Waals surface area contributed by atoms with Crippen molar-refractivity contribution in [2.24, 2.45) is 0 Å². The minimum Gasteiger partial charge on any atom is -0.451 e. The Balaban J connectivity index is 2.42. The number of aliphatic hydroxyl groups excluding tert-OH is 1. The van der Waals surface area contributed by atoms with Crippen LogP contribution in [0.15, 0.2) is 36.4 Å². The smallest absolute Gasteiger partial charge is 0.198 e. The predicted octanol–water partition coefficient (Wildman–Crippen LogP) is 3.12. The molecule has 2 aromatic rings. The van der Waals surface area contributed by atoms with Crippen molar-refractivity contribution in [3.05, 3.63) is 59.2 Å². The highest BCUT2D eigenvalue weighted by molar-refractivity contribution is 5.42. The molecule has 0 atom stereocenters. The third-order valence-electron chi connectivity index (χ3n) is 2.48. The highest BCUT2D eigenvalue weighted by Crippen LogP contribution is 2.30. The van der Waals surface area contributed by atoms with Crippen LogP contribution in [0.5, 0.6) is 11.5 Å². The highest BCUT2D eigenvalue weighted by Gasteiger charge is 2.15. The first-order valence-corrected chi connectivity index (χ1v) is 5.41. The summed E-state index contributed by atoms with van der Waals surface area (Å²) >= 11 is 0. The molecule has 0 amide bonds. The molecular formula is C14H9F2NO2. The van der Waals surface area contributed by atoms with Crippen LogP contribution in [0.2, 0.25) is 0 Å². The van der Waals surface area contributed by atoms with Gasteiger partial charge in [-0.05, 0) is 18.2 Å². The van der Waals surface area contributed by atoms with Gasteiger partial charge in [0.05, 0.1) is 18.2 Å². The lowest BCUT2D eigenvalue weighted by atomic mass is 10.2. The average Bonchev–Trinajstić information content (AvgIpc) is 2.43. The molecule has 2 rings (SSSR count). The van der Waals surface area contributed by atoms with E-state index in [-0.39, 0.29) is 17.9 Å². The number of hydrogen-bond acceptors (Lipinski definition) is 3. The van der Waals surface area contributed by atoms with Crippen LogP contribution in [0.1, 0.15) is 11.1 Å². The van der Waals surface area contributed by atoms with Crippen LogP contribution in [-0.2, 0) is 6.61 Å². The van der Waals surface area contributed by atoms with Gasteiger partial charge in [-0.3, -0.25) is 0 Å². The summed E-state index contributed by atoms with van der Waals surface area (Å²) < 4.78 is 32.4. The van der Waals surface area contributed by atoms with E-state index in [4.69, 9.17) is 15.1 Å². The first-order valence-electron chi connectivity index (χ1n) is 5.41. The van der Waals surface area contributed by atoms with Crippen LogP contribution in [0.3, 0.4) is 0 Å². The predicted molar refractivity (Wildman–Crippen MR) is 63.5 cm³/mol. The molecular weight excluding hydrogens is 252 g/mol. The van der Waals surface area contributed by atoms with Gasteiger partial charge in [0.1, 0.15) is 5.75 Å². The molecule has 0 radical (unpaired) electrons. The highest BCUT2D eigenvalue weighted by atomic mass is 19.1. The first kappa shape index (κ1) is 13.0. The summed E-state index contributed by atoms with van der Waals surface area (Å²) in [5.74, 6) is -2.37. The number of rotatable bonds is 3. The van der Waals surface area contributed by atoms with E-state index in [0.29, 0.717) is 5.56 Å². The maximum absolute atomic E-state index is 13.6. The quantitative estimate of drug-likeness (QED) is 0.923. The molecule has 0 saturated carbocycles. The van der Waals surface area contributed by atoms with E-state index in [1.165, 1.54) is 6.07 Å². The normalized spacial score (nSPS) is 10.0. The largest absolute Gasteiger partial charge is 0.451 e. The van der Waals surface area contributed by atoms with Crippen molar-refractivity contribution in [3.63, 3.8) is 0 Å². The fourth-order valence-corrected chi connectivity index (χ4v) is 1.57. The van der Waals surface area contributed by atoms with E-state index in [0.717, 1.165) is 12.1 Å². The molecule has 0 aliphatic rings. The molecule has 19 heavy (non-hydrogen) atoms. The van der Waals surface area contributed by atoms with Crippen LogP contribution in [0.25, 0.3) is 0 Å². The number of nitrogens with zero attached hydrogens (tertiary/aromatic N) is 1. The van der Waals surface area contributed by atoms with E-state index >= 15 is 0 Å². The summed E-state index contributed by atoms with van der Waals surface area (Å²) in [5, 5.41) is 17.7. The van der Waals surface area contributed by atoms with E-state index < -0.39 is 17.4 Å². The zero-order chi connectivity index (χ0) is 13.8. The van der Waals surface area contributed by atoms with Crippen molar-refractivity contribution in [3.8, 4) is 17.6 Å². The van der Waals surface area contributed by atoms with Gasteiger partial charge in [-0.1, -0.05) is 18.2 Å². The van der Waals surface area contributed by atoms with Crippen LogP contribution >= 0.6 is 0 Å². The summed E-state index contributed by atoms with van der Waals surface area (Å²) in [7, 11) is 0. The lowest BCUT2D eigenvalue weighted by molar-refractivity contribution is 0.275. The van der Waals surface area contributed by atoms with Crippen LogP contribution in [0, 0.1) is 23.0 Å². The Bertz CT molecular complexity index is 627. The summed E-state index contributed by atoms with van der Waals surface area (Å²) in [6.07, 6.45) is 0. The number of nitriles is 1. The Morgan fingerprint density at radius 3 is 2.37 bits per heavy atom. The third-order valence-corrected chi connectivity index (χ3v) is 2.48. The molecule has 3 nitrogen and oxygen atoms in total. The molecule has 0 bridgehead atoms. The summed E-state index contributed by atoms with van der Waals surface area (Å²) in [4.78, 5) is 0. The van der Waals surface area contributed by atoms with Crippen LogP contribution < -0.4 is 4.74 Å². The number of hydrogen-bond donors (Lipinski definition) is 1. The Kier molecular flexibility index (Phi) is 3.74. The van der Waals surface area contributed by atoms with Gasteiger partial charge in [-0.25, -0.2) is 8.78 Å². The van der Waals surface area contributed by atoms with Crippen molar-refractivity contribution < 1.29 is 18.6 Å². The Labute approximate surface area is 108 Å². The maximum Gasteiger partial charge on any atom is 0.198 e. The monoisotopic (exact) mass is 261 g/mol. The number of benzene rings is 2. The van der Waals surface area contributed by atoms with Gasteiger partial charge in [0.2, 0.25) is 0 Å². The molecule has 0 aliphatic carbocycles. The molecule has 0 unspecified atom stereocenters. The standard InChI is InChI=1S/C14H9F2NO2/c15-11-5-9(7-17)6-12(16)14(11)19-13-4-2-1-3-10(13)8-18/h1-6,18H,8H2. The molecule has 0 spiro atoms. The van der Waals surface area contributed by atoms with Gasteiger partial charge in [0.15, 0.2) is 17.4 Å². The van der Waals surface area contributed by atoms with Gasteiger partial charge in [-0.2, -0.15) is 5.26 Å². The lowest BCUT2D eigenvalue weighted by Gasteiger charge is -2.11. The van der Waals surface area contributed by atoms with Crippen molar-refractivity contribution in [2.45, 2.75) is 6.61 Å². The molecule has 96 valence electrons. The average molecular weight is 261 g/mol. The van der Waals surface area contributed by atoms with E-state index in [1.807, 2.05) is 0 Å². The minimum atomic E-state index is -0.968. The van der Waals surface area contributed by atoms with Crippen molar-refractivity contribution >= 4 is 0 Å². The first-order chi connectivity index (χ1) is 9.15. The molecule has 5 heteroatoms. The zero-order valence-corrected chi connectivity index (χ0v) is 9.73. The Hall–Kier alpha value is -2.45. The molecule has 0 aliphatic heterocycles. The Morgan fingerprint density at radius 1 is 1.16 bits per heavy atom. The topological polar surface area (TPSA) is 53.2 Å². The van der Waals surface area contributed by atoms with Gasteiger partial charge < -0.3 is 9.84 Å². The van der Waals surface area contributed by atoms with Crippen molar-refractivity contribution in [2.75, 3.05) is 0 Å². The molecule has 0 aromatic heterocycles. The van der Waals surface area contributed by atoms with E-state index in [2.05, 4.69) is 0 Å². The van der Waals surface area contributed by atoms with E-state index in [9.17, 15) is 8.78 Å². The van der Waals surface area contributed by atoms with Gasteiger partial charge in [-0.15, -0.1) is 0 Å². The fraction of sp³-hybridized carbons (Fsp3) is 0.0714. The van der Waals surface area contributed by atoms with Gasteiger partial charge >= 0.3 is 0 Å². The maximum atomic E-state index is 13.6. The second-order valence-electron chi connectivity index (χ2n) is 3.75.